The second-order valence-electron chi connectivity index (χ2n) is 5.88. The molecule has 116 valence electrons. The van der Waals surface area contributed by atoms with Crippen molar-refractivity contribution in [2.75, 3.05) is 13.1 Å². The van der Waals surface area contributed by atoms with Crippen molar-refractivity contribution in [1.82, 2.24) is 10.6 Å². The van der Waals surface area contributed by atoms with Gasteiger partial charge in [0.2, 0.25) is 0 Å². The maximum absolute atomic E-state index is 12.1. The van der Waals surface area contributed by atoms with Crippen LogP contribution in [0.25, 0.3) is 0 Å². The summed E-state index contributed by atoms with van der Waals surface area (Å²) in [4.78, 5) is 12.1. The molecular weight excluding hydrogens is 284 g/mol. The predicted molar refractivity (Wildman–Crippen MR) is 88.0 cm³/mol. The Hall–Kier alpha value is -1.06. The Kier molecular flexibility index (Phi) is 6.52. The van der Waals surface area contributed by atoms with Crippen LogP contribution in [0.5, 0.6) is 0 Å². The lowest BCUT2D eigenvalue weighted by molar-refractivity contribution is 0.0953. The lowest BCUT2D eigenvalue weighted by Crippen LogP contribution is -2.36. The second-order valence-corrected chi connectivity index (χ2v) is 6.29. The fraction of sp³-hybridized carbons (Fsp3) is 0.588. The molecule has 0 spiro atoms. The molecule has 3 nitrogen and oxygen atoms in total. The number of halogens is 1. The van der Waals surface area contributed by atoms with Gasteiger partial charge in [-0.1, -0.05) is 43.4 Å². The van der Waals surface area contributed by atoms with Crippen molar-refractivity contribution in [1.29, 1.82) is 0 Å². The first-order valence-electron chi connectivity index (χ1n) is 7.94. The van der Waals surface area contributed by atoms with Crippen LogP contribution in [0.2, 0.25) is 5.02 Å². The molecule has 1 aliphatic carbocycles. The number of rotatable bonds is 5. The largest absolute Gasteiger partial charge is 0.351 e. The third-order valence-electron chi connectivity index (χ3n) is 4.07. The van der Waals surface area contributed by atoms with Crippen molar-refractivity contribution in [3.63, 3.8) is 0 Å². The van der Waals surface area contributed by atoms with Crippen LogP contribution < -0.4 is 10.6 Å². The van der Waals surface area contributed by atoms with Crippen LogP contribution in [-0.2, 0) is 0 Å². The molecule has 1 aromatic rings. The molecule has 0 radical (unpaired) electrons. The Labute approximate surface area is 132 Å². The van der Waals surface area contributed by atoms with Gasteiger partial charge in [-0.15, -0.1) is 0 Å². The minimum atomic E-state index is -0.0948. The summed E-state index contributed by atoms with van der Waals surface area (Å²) in [5.74, 6) is -0.0948. The molecule has 1 aliphatic rings. The highest BCUT2D eigenvalue weighted by molar-refractivity contribution is 6.33. The third kappa shape index (κ3) is 5.33. The van der Waals surface area contributed by atoms with Gasteiger partial charge in [-0.05, 0) is 37.5 Å². The molecule has 0 heterocycles. The van der Waals surface area contributed by atoms with E-state index in [-0.39, 0.29) is 5.91 Å². The number of hydrogen-bond donors (Lipinski definition) is 2. The van der Waals surface area contributed by atoms with Gasteiger partial charge in [0.05, 0.1) is 10.6 Å². The van der Waals surface area contributed by atoms with Crippen molar-refractivity contribution < 1.29 is 4.79 Å². The van der Waals surface area contributed by atoms with Crippen molar-refractivity contribution in [3.8, 4) is 0 Å². The monoisotopic (exact) mass is 308 g/mol. The minimum absolute atomic E-state index is 0.0948. The predicted octanol–water partition coefficient (Wildman–Crippen LogP) is 3.69. The quantitative estimate of drug-likeness (QED) is 0.643. The summed E-state index contributed by atoms with van der Waals surface area (Å²) in [5, 5.41) is 6.99. The highest BCUT2D eigenvalue weighted by Crippen LogP contribution is 2.18. The summed E-state index contributed by atoms with van der Waals surface area (Å²) in [6, 6.07) is 6.13. The van der Waals surface area contributed by atoms with Gasteiger partial charge in [-0.2, -0.15) is 0 Å². The van der Waals surface area contributed by atoms with Gasteiger partial charge < -0.3 is 10.6 Å². The van der Waals surface area contributed by atoms with E-state index in [0.717, 1.165) is 12.1 Å². The number of hydrogen-bond acceptors (Lipinski definition) is 2. The molecule has 21 heavy (non-hydrogen) atoms. The molecule has 2 rings (SSSR count). The molecule has 1 fully saturated rings. The van der Waals surface area contributed by atoms with Crippen LogP contribution in [0.3, 0.4) is 0 Å². The van der Waals surface area contributed by atoms with E-state index in [1.807, 2.05) is 19.1 Å². The van der Waals surface area contributed by atoms with E-state index in [0.29, 0.717) is 23.2 Å². The van der Waals surface area contributed by atoms with Gasteiger partial charge >= 0.3 is 0 Å². The highest BCUT2D eigenvalue weighted by atomic mass is 35.5. The van der Waals surface area contributed by atoms with Gasteiger partial charge in [0.25, 0.3) is 5.91 Å². The van der Waals surface area contributed by atoms with Gasteiger partial charge in [0.1, 0.15) is 0 Å². The van der Waals surface area contributed by atoms with Crippen LogP contribution in [-0.4, -0.2) is 25.0 Å². The Balaban J connectivity index is 1.71. The highest BCUT2D eigenvalue weighted by Gasteiger charge is 2.12. The van der Waals surface area contributed by atoms with E-state index in [4.69, 9.17) is 11.6 Å². The topological polar surface area (TPSA) is 41.1 Å². The summed E-state index contributed by atoms with van der Waals surface area (Å²) in [7, 11) is 0. The zero-order chi connectivity index (χ0) is 15.1. The Morgan fingerprint density at radius 1 is 1.19 bits per heavy atom. The van der Waals surface area contributed by atoms with E-state index < -0.39 is 0 Å². The number of aryl methyl sites for hydroxylation is 1. The van der Waals surface area contributed by atoms with Crippen LogP contribution in [0.4, 0.5) is 0 Å². The fourth-order valence-corrected chi connectivity index (χ4v) is 3.16. The molecule has 4 heteroatoms. The molecule has 2 N–H and O–H groups in total. The van der Waals surface area contributed by atoms with Gasteiger partial charge in [0, 0.05) is 19.1 Å². The SMILES string of the molecule is Cc1ccc(C(=O)NCCNC2CCCCCC2)c(Cl)c1. The lowest BCUT2D eigenvalue weighted by Gasteiger charge is -2.16. The number of benzene rings is 1. The average molecular weight is 309 g/mol. The molecule has 0 unspecified atom stereocenters. The van der Waals surface area contributed by atoms with Crippen molar-refractivity contribution in [2.24, 2.45) is 0 Å². The summed E-state index contributed by atoms with van der Waals surface area (Å²) < 4.78 is 0. The normalized spacial score (nSPS) is 16.5. The zero-order valence-electron chi connectivity index (χ0n) is 12.8. The number of amides is 1. The van der Waals surface area contributed by atoms with E-state index in [1.165, 1.54) is 38.5 Å². The average Bonchev–Trinajstić information content (AvgIpc) is 2.72. The number of carbonyl (C=O) groups is 1. The summed E-state index contributed by atoms with van der Waals surface area (Å²) in [5.41, 5.74) is 1.61. The number of nitrogens with one attached hydrogen (secondary N) is 2. The molecular formula is C17H25ClN2O. The molecule has 0 saturated heterocycles. The Morgan fingerprint density at radius 2 is 1.90 bits per heavy atom. The zero-order valence-corrected chi connectivity index (χ0v) is 13.5. The molecule has 1 amide bonds. The fourth-order valence-electron chi connectivity index (χ4n) is 2.84. The van der Waals surface area contributed by atoms with Gasteiger partial charge in [-0.3, -0.25) is 4.79 Å². The maximum atomic E-state index is 12.1. The Morgan fingerprint density at radius 3 is 2.57 bits per heavy atom. The van der Waals surface area contributed by atoms with E-state index in [9.17, 15) is 4.79 Å². The van der Waals surface area contributed by atoms with Crippen molar-refractivity contribution >= 4 is 17.5 Å². The molecule has 1 aromatic carbocycles. The number of carbonyl (C=O) groups excluding carboxylic acids is 1. The van der Waals surface area contributed by atoms with Gasteiger partial charge in [0.15, 0.2) is 0 Å². The minimum Gasteiger partial charge on any atom is -0.351 e. The van der Waals surface area contributed by atoms with E-state index in [1.54, 1.807) is 6.07 Å². The van der Waals surface area contributed by atoms with Gasteiger partial charge in [-0.25, -0.2) is 0 Å². The van der Waals surface area contributed by atoms with Crippen molar-refractivity contribution in [2.45, 2.75) is 51.5 Å². The molecule has 0 bridgehead atoms. The maximum Gasteiger partial charge on any atom is 0.252 e. The van der Waals surface area contributed by atoms with E-state index >= 15 is 0 Å². The first-order chi connectivity index (χ1) is 10.2. The van der Waals surface area contributed by atoms with Crippen LogP contribution in [0.1, 0.15) is 54.4 Å². The third-order valence-corrected chi connectivity index (χ3v) is 4.38. The summed E-state index contributed by atoms with van der Waals surface area (Å²) >= 11 is 6.10. The Bertz CT molecular complexity index is 468. The van der Waals surface area contributed by atoms with Crippen LogP contribution >= 0.6 is 11.6 Å². The molecule has 0 atom stereocenters. The molecule has 1 saturated carbocycles. The standard InChI is InChI=1S/C17H25ClN2O/c1-13-8-9-15(16(18)12-13)17(21)20-11-10-19-14-6-4-2-3-5-7-14/h8-9,12,14,19H,2-7,10-11H2,1H3,(H,20,21). The first kappa shape index (κ1) is 16.3. The molecule has 0 aliphatic heterocycles. The second kappa shape index (κ2) is 8.40. The van der Waals surface area contributed by atoms with E-state index in [2.05, 4.69) is 10.6 Å². The van der Waals surface area contributed by atoms with Crippen LogP contribution in [0, 0.1) is 6.92 Å². The smallest absolute Gasteiger partial charge is 0.252 e. The summed E-state index contributed by atoms with van der Waals surface area (Å²) in [6.45, 7) is 3.42. The first-order valence-corrected chi connectivity index (χ1v) is 8.32. The molecule has 0 aromatic heterocycles. The van der Waals surface area contributed by atoms with Crippen LogP contribution in [0.15, 0.2) is 18.2 Å². The summed E-state index contributed by atoms with van der Waals surface area (Å²) in [6.07, 6.45) is 7.89. The lowest BCUT2D eigenvalue weighted by atomic mass is 10.1. The van der Waals surface area contributed by atoms with Crippen molar-refractivity contribution in [3.05, 3.63) is 34.3 Å².